The molecule has 1 aliphatic carbocycles. The number of halogens is 2. The van der Waals surface area contributed by atoms with Crippen LogP contribution in [0.5, 0.6) is 0 Å². The summed E-state index contributed by atoms with van der Waals surface area (Å²) in [6, 6.07) is 9.86. The summed E-state index contributed by atoms with van der Waals surface area (Å²) < 4.78 is 0. The normalized spacial score (nSPS) is 20.0. The van der Waals surface area contributed by atoms with Crippen LogP contribution >= 0.6 is 23.2 Å². The van der Waals surface area contributed by atoms with Crippen molar-refractivity contribution in [3.05, 3.63) is 57.6 Å². The number of benzene rings is 2. The molecule has 6 nitrogen and oxygen atoms in total. The van der Waals surface area contributed by atoms with Crippen molar-refractivity contribution in [3.8, 4) is 0 Å². The minimum atomic E-state index is -0.441. The fourth-order valence-electron chi connectivity index (χ4n) is 4.99. The molecule has 2 fully saturated rings. The molecule has 1 heterocycles. The van der Waals surface area contributed by atoms with Crippen molar-refractivity contribution in [1.29, 1.82) is 0 Å². The number of rotatable bonds is 4. The van der Waals surface area contributed by atoms with Crippen LogP contribution in [0.25, 0.3) is 0 Å². The molecular formula is C25H27Cl2N3O3. The van der Waals surface area contributed by atoms with E-state index in [4.69, 9.17) is 23.2 Å². The van der Waals surface area contributed by atoms with Gasteiger partial charge in [-0.15, -0.1) is 0 Å². The Labute approximate surface area is 203 Å². The first-order valence-corrected chi connectivity index (χ1v) is 12.1. The maximum atomic E-state index is 13.4. The monoisotopic (exact) mass is 487 g/mol. The van der Waals surface area contributed by atoms with Crippen molar-refractivity contribution in [3.63, 3.8) is 0 Å². The first kappa shape index (κ1) is 23.6. The molecule has 0 bridgehead atoms. The molecular weight excluding hydrogens is 461 g/mol. The second-order valence-electron chi connectivity index (χ2n) is 8.77. The minimum Gasteiger partial charge on any atom is -0.335 e. The van der Waals surface area contributed by atoms with E-state index < -0.39 is 5.91 Å². The van der Waals surface area contributed by atoms with Gasteiger partial charge < -0.3 is 15.5 Å². The average Bonchev–Trinajstić information content (AvgIpc) is 2.79. The molecule has 3 amide bonds. The third-order valence-electron chi connectivity index (χ3n) is 6.51. The number of likely N-dealkylation sites (tertiary alicyclic amines) is 1. The van der Waals surface area contributed by atoms with Crippen molar-refractivity contribution >= 4 is 52.3 Å². The van der Waals surface area contributed by atoms with Gasteiger partial charge in [0, 0.05) is 30.1 Å². The summed E-state index contributed by atoms with van der Waals surface area (Å²) >= 11 is 12.1. The highest BCUT2D eigenvalue weighted by molar-refractivity contribution is 6.37. The van der Waals surface area contributed by atoms with Gasteiger partial charge in [-0.25, -0.2) is 0 Å². The second kappa shape index (κ2) is 10.1. The Morgan fingerprint density at radius 2 is 1.67 bits per heavy atom. The summed E-state index contributed by atoms with van der Waals surface area (Å²) in [5.74, 6) is -0.195. The molecule has 2 aromatic rings. The zero-order valence-electron chi connectivity index (χ0n) is 18.5. The predicted octanol–water partition coefficient (Wildman–Crippen LogP) is 6.00. The van der Waals surface area contributed by atoms with Crippen LogP contribution in [-0.2, 0) is 4.79 Å². The van der Waals surface area contributed by atoms with Gasteiger partial charge in [-0.3, -0.25) is 14.4 Å². The van der Waals surface area contributed by atoms with Crippen molar-refractivity contribution in [2.24, 2.45) is 5.92 Å². The molecule has 8 heteroatoms. The van der Waals surface area contributed by atoms with Crippen molar-refractivity contribution in [1.82, 2.24) is 4.90 Å². The molecule has 0 spiro atoms. The quantitative estimate of drug-likeness (QED) is 0.554. The number of amides is 3. The van der Waals surface area contributed by atoms with Gasteiger partial charge in [0.05, 0.1) is 22.0 Å². The number of anilines is 2. The number of carbonyl (C=O) groups is 3. The number of nitrogens with one attached hydrogen (secondary N) is 2. The van der Waals surface area contributed by atoms with E-state index in [0.717, 1.165) is 25.8 Å². The third kappa shape index (κ3) is 5.33. The van der Waals surface area contributed by atoms with Gasteiger partial charge in [-0.1, -0.05) is 36.0 Å². The number of piperidine rings is 1. The van der Waals surface area contributed by atoms with Crippen molar-refractivity contribution in [2.75, 3.05) is 17.2 Å². The van der Waals surface area contributed by atoms with Gasteiger partial charge in [0.1, 0.15) is 0 Å². The first-order chi connectivity index (χ1) is 15.8. The number of fused-ring (bicyclic) bond motifs is 1. The van der Waals surface area contributed by atoms with E-state index >= 15 is 0 Å². The lowest BCUT2D eigenvalue weighted by Crippen LogP contribution is -2.49. The summed E-state index contributed by atoms with van der Waals surface area (Å²) in [5.41, 5.74) is 1.50. The van der Waals surface area contributed by atoms with Gasteiger partial charge in [0.25, 0.3) is 11.8 Å². The Morgan fingerprint density at radius 3 is 2.42 bits per heavy atom. The Bertz CT molecular complexity index is 1090. The maximum Gasteiger partial charge on any atom is 0.257 e. The van der Waals surface area contributed by atoms with Gasteiger partial charge >= 0.3 is 0 Å². The molecule has 2 aliphatic rings. The fourth-order valence-corrected chi connectivity index (χ4v) is 5.48. The average molecular weight is 488 g/mol. The second-order valence-corrected chi connectivity index (χ2v) is 9.62. The lowest BCUT2D eigenvalue weighted by atomic mass is 9.78. The number of nitrogens with zero attached hydrogens (tertiary/aromatic N) is 1. The van der Waals surface area contributed by atoms with Crippen LogP contribution in [-0.4, -0.2) is 35.2 Å². The number of hydrogen-bond acceptors (Lipinski definition) is 3. The van der Waals surface area contributed by atoms with E-state index in [1.807, 2.05) is 4.90 Å². The van der Waals surface area contributed by atoms with Crippen LogP contribution in [0.2, 0.25) is 10.0 Å². The summed E-state index contributed by atoms with van der Waals surface area (Å²) in [4.78, 5) is 40.0. The molecule has 1 saturated carbocycles. The largest absolute Gasteiger partial charge is 0.335 e. The van der Waals surface area contributed by atoms with Crippen LogP contribution in [0.15, 0.2) is 36.4 Å². The van der Waals surface area contributed by atoms with Gasteiger partial charge in [0.2, 0.25) is 5.91 Å². The Hall–Kier alpha value is -2.57. The van der Waals surface area contributed by atoms with Crippen LogP contribution in [0.1, 0.15) is 66.2 Å². The number of hydrogen-bond donors (Lipinski definition) is 2. The Kier molecular flexibility index (Phi) is 7.25. The van der Waals surface area contributed by atoms with Crippen LogP contribution in [0, 0.1) is 5.92 Å². The molecule has 2 aromatic carbocycles. The van der Waals surface area contributed by atoms with E-state index in [2.05, 4.69) is 10.6 Å². The molecule has 2 atom stereocenters. The Balaban J connectivity index is 1.59. The van der Waals surface area contributed by atoms with Gasteiger partial charge in [0.15, 0.2) is 0 Å². The highest BCUT2D eigenvalue weighted by Gasteiger charge is 2.36. The zero-order chi connectivity index (χ0) is 23.5. The van der Waals surface area contributed by atoms with Crippen LogP contribution < -0.4 is 10.6 Å². The maximum absolute atomic E-state index is 13.4. The fraction of sp³-hybridized carbons (Fsp3) is 0.400. The number of carbonyl (C=O) groups excluding carboxylic acids is 3. The molecule has 1 aliphatic heterocycles. The van der Waals surface area contributed by atoms with Crippen LogP contribution in [0.3, 0.4) is 0 Å². The van der Waals surface area contributed by atoms with Gasteiger partial charge in [-0.2, -0.15) is 0 Å². The molecule has 2 N–H and O–H groups in total. The minimum absolute atomic E-state index is 0.0307. The smallest absolute Gasteiger partial charge is 0.257 e. The first-order valence-electron chi connectivity index (χ1n) is 11.3. The van der Waals surface area contributed by atoms with E-state index in [0.29, 0.717) is 27.9 Å². The van der Waals surface area contributed by atoms with Crippen molar-refractivity contribution in [2.45, 2.75) is 51.5 Å². The molecule has 0 aromatic heterocycles. The lowest BCUT2D eigenvalue weighted by molar-refractivity contribution is -0.114. The SMILES string of the molecule is CC(=O)Nc1cc(C(=O)N2CCC[C@H]3CCCC[C@@H]32)ccc1NC(=O)c1ccc(Cl)cc1Cl. The zero-order valence-corrected chi connectivity index (χ0v) is 20.0. The van der Waals surface area contributed by atoms with E-state index in [1.54, 1.807) is 24.3 Å². The predicted molar refractivity (Wildman–Crippen MR) is 131 cm³/mol. The lowest BCUT2D eigenvalue weighted by Gasteiger charge is -2.44. The third-order valence-corrected chi connectivity index (χ3v) is 7.05. The molecule has 33 heavy (non-hydrogen) atoms. The summed E-state index contributed by atoms with van der Waals surface area (Å²) in [5, 5.41) is 6.16. The van der Waals surface area contributed by atoms with Crippen LogP contribution in [0.4, 0.5) is 11.4 Å². The molecule has 0 unspecified atom stereocenters. The van der Waals surface area contributed by atoms with E-state index in [-0.39, 0.29) is 28.4 Å². The standard InChI is InChI=1S/C25H27Cl2N3O3/c1-15(31)28-22-13-17(25(33)30-12-4-6-16-5-2-3-7-23(16)30)8-11-21(22)29-24(32)19-10-9-18(26)14-20(19)27/h8-11,13-14,16,23H,2-7,12H2,1H3,(H,28,31)(H,29,32)/t16-,23+/m1/s1. The topological polar surface area (TPSA) is 78.5 Å². The Morgan fingerprint density at radius 1 is 0.909 bits per heavy atom. The summed E-state index contributed by atoms with van der Waals surface area (Å²) in [6.07, 6.45) is 6.82. The highest BCUT2D eigenvalue weighted by Crippen LogP contribution is 2.36. The molecule has 1 saturated heterocycles. The van der Waals surface area contributed by atoms with Crippen molar-refractivity contribution < 1.29 is 14.4 Å². The molecule has 0 radical (unpaired) electrons. The molecule has 4 rings (SSSR count). The summed E-state index contributed by atoms with van der Waals surface area (Å²) in [7, 11) is 0. The van der Waals surface area contributed by atoms with Gasteiger partial charge in [-0.05, 0) is 68.0 Å². The molecule has 174 valence electrons. The van der Waals surface area contributed by atoms with E-state index in [1.165, 1.54) is 38.3 Å². The highest BCUT2D eigenvalue weighted by atomic mass is 35.5. The van der Waals surface area contributed by atoms with E-state index in [9.17, 15) is 14.4 Å². The summed E-state index contributed by atoms with van der Waals surface area (Å²) in [6.45, 7) is 2.14.